The van der Waals surface area contributed by atoms with Gasteiger partial charge in [-0.1, -0.05) is 41.5 Å². The number of nitrogens with zero attached hydrogens (tertiary/aromatic N) is 2. The summed E-state index contributed by atoms with van der Waals surface area (Å²) in [6.45, 7) is 16.2. The molecule has 1 saturated heterocycles. The van der Waals surface area contributed by atoms with E-state index in [1.165, 1.54) is 30.9 Å². The number of hydrogen-bond donors (Lipinski definition) is 1. The highest BCUT2D eigenvalue weighted by Gasteiger charge is 2.27. The van der Waals surface area contributed by atoms with Crippen molar-refractivity contribution in [2.75, 3.05) is 13.1 Å². The molecule has 3 rings (SSSR count). The van der Waals surface area contributed by atoms with E-state index in [1.54, 1.807) is 11.3 Å². The molecule has 1 aromatic heterocycles. The van der Waals surface area contributed by atoms with Crippen molar-refractivity contribution in [1.82, 2.24) is 9.88 Å². The third kappa shape index (κ3) is 5.04. The number of aromatic nitrogens is 1. The van der Waals surface area contributed by atoms with Crippen LogP contribution in [0, 0.1) is 0 Å². The van der Waals surface area contributed by atoms with Gasteiger partial charge in [-0.3, -0.25) is 4.90 Å². The Labute approximate surface area is 174 Å². The van der Waals surface area contributed by atoms with Gasteiger partial charge in [-0.25, -0.2) is 4.98 Å². The lowest BCUT2D eigenvalue weighted by molar-refractivity contribution is 0.331. The Morgan fingerprint density at radius 2 is 1.52 bits per heavy atom. The van der Waals surface area contributed by atoms with Crippen LogP contribution in [0.25, 0.3) is 11.3 Å². The van der Waals surface area contributed by atoms with Crippen molar-refractivity contribution in [3.8, 4) is 17.0 Å². The fourth-order valence-corrected chi connectivity index (χ4v) is 4.42. The molecule has 0 spiro atoms. The van der Waals surface area contributed by atoms with Crippen LogP contribution in [0.3, 0.4) is 0 Å². The average Bonchev–Trinajstić information content (AvgIpc) is 3.17. The summed E-state index contributed by atoms with van der Waals surface area (Å²) in [6, 6.07) is 4.25. The monoisotopic (exact) mass is 408 g/mol. The number of halogens is 1. The molecule has 0 bridgehead atoms. The lowest BCUT2D eigenvalue weighted by atomic mass is 9.78. The van der Waals surface area contributed by atoms with Crippen LogP contribution in [-0.2, 0) is 17.4 Å². The molecular weight excluding hydrogens is 376 g/mol. The summed E-state index contributed by atoms with van der Waals surface area (Å²) in [5, 5.41) is 14.3. The van der Waals surface area contributed by atoms with Gasteiger partial charge in [0.2, 0.25) is 0 Å². The van der Waals surface area contributed by atoms with Gasteiger partial charge in [0.1, 0.15) is 10.8 Å². The lowest BCUT2D eigenvalue weighted by Gasteiger charge is -2.28. The van der Waals surface area contributed by atoms with E-state index in [0.717, 1.165) is 28.9 Å². The molecule has 1 N–H and O–H groups in total. The second kappa shape index (κ2) is 8.10. The topological polar surface area (TPSA) is 36.4 Å². The van der Waals surface area contributed by atoms with Crippen LogP contribution in [0.1, 0.15) is 70.5 Å². The molecule has 1 aliphatic rings. The highest BCUT2D eigenvalue weighted by atomic mass is 35.5. The fourth-order valence-electron chi connectivity index (χ4n) is 3.57. The summed E-state index contributed by atoms with van der Waals surface area (Å²) in [6.07, 6.45) is 2.61. The molecule has 1 aliphatic heterocycles. The Morgan fingerprint density at radius 1 is 1.00 bits per heavy atom. The molecule has 2 heterocycles. The predicted molar refractivity (Wildman–Crippen MR) is 118 cm³/mol. The van der Waals surface area contributed by atoms with Crippen molar-refractivity contribution in [2.45, 2.75) is 71.8 Å². The highest BCUT2D eigenvalue weighted by molar-refractivity contribution is 7.09. The first-order valence-corrected chi connectivity index (χ1v) is 10.5. The number of thiazole rings is 1. The summed E-state index contributed by atoms with van der Waals surface area (Å²) < 4.78 is 0. The minimum absolute atomic E-state index is 0. The summed E-state index contributed by atoms with van der Waals surface area (Å²) in [5.41, 5.74) is 3.90. The third-order valence-corrected chi connectivity index (χ3v) is 5.96. The van der Waals surface area contributed by atoms with Crippen LogP contribution in [-0.4, -0.2) is 28.1 Å². The Morgan fingerprint density at radius 3 is 2.00 bits per heavy atom. The van der Waals surface area contributed by atoms with Gasteiger partial charge in [-0.2, -0.15) is 0 Å². The summed E-state index contributed by atoms with van der Waals surface area (Å²) in [7, 11) is 0. The Bertz CT molecular complexity index is 745. The van der Waals surface area contributed by atoms with Gasteiger partial charge < -0.3 is 5.11 Å². The molecule has 150 valence electrons. The SMILES string of the molecule is CC(C)(C)c1cc(-c2csc(CN3CCCC3)n2)cc(C(C)(C)C)c1O.Cl. The molecule has 0 unspecified atom stereocenters. The maximum Gasteiger partial charge on any atom is 0.123 e. The highest BCUT2D eigenvalue weighted by Crippen LogP contribution is 2.42. The van der Waals surface area contributed by atoms with Crippen LogP contribution in [0.5, 0.6) is 5.75 Å². The van der Waals surface area contributed by atoms with E-state index in [0.29, 0.717) is 5.75 Å². The predicted octanol–water partition coefficient (Wildman–Crippen LogP) is 6.13. The first-order valence-electron chi connectivity index (χ1n) is 9.61. The number of hydrogen-bond acceptors (Lipinski definition) is 4. The van der Waals surface area contributed by atoms with Gasteiger partial charge in [-0.05, 0) is 48.9 Å². The largest absolute Gasteiger partial charge is 0.507 e. The van der Waals surface area contributed by atoms with Crippen molar-refractivity contribution >= 4 is 23.7 Å². The molecule has 27 heavy (non-hydrogen) atoms. The average molecular weight is 409 g/mol. The Hall–Kier alpha value is -1.10. The van der Waals surface area contributed by atoms with Crippen molar-refractivity contribution in [3.05, 3.63) is 33.6 Å². The van der Waals surface area contributed by atoms with E-state index in [9.17, 15) is 5.11 Å². The molecule has 0 saturated carbocycles. The van der Waals surface area contributed by atoms with Gasteiger partial charge in [-0.15, -0.1) is 23.7 Å². The standard InChI is InChI=1S/C22H32N2OS.ClH/c1-21(2,3)16-11-15(12-17(20(16)25)22(4,5)6)18-14-26-19(23-18)13-24-9-7-8-10-24;/h11-12,14,25H,7-10,13H2,1-6H3;1H. The Balaban J connectivity index is 0.00000261. The Kier molecular flexibility index (Phi) is 6.66. The van der Waals surface area contributed by atoms with Crippen LogP contribution in [0.15, 0.2) is 17.5 Å². The maximum absolute atomic E-state index is 10.9. The van der Waals surface area contributed by atoms with E-state index in [-0.39, 0.29) is 23.2 Å². The molecule has 0 amide bonds. The fraction of sp³-hybridized carbons (Fsp3) is 0.591. The molecule has 0 atom stereocenters. The zero-order chi connectivity index (χ0) is 19.1. The minimum Gasteiger partial charge on any atom is -0.507 e. The van der Waals surface area contributed by atoms with Crippen molar-refractivity contribution in [1.29, 1.82) is 0 Å². The third-order valence-electron chi connectivity index (χ3n) is 5.13. The van der Waals surface area contributed by atoms with Crippen LogP contribution in [0.2, 0.25) is 0 Å². The minimum atomic E-state index is -0.117. The van der Waals surface area contributed by atoms with Gasteiger partial charge in [0.15, 0.2) is 0 Å². The van der Waals surface area contributed by atoms with E-state index in [1.807, 2.05) is 0 Å². The van der Waals surface area contributed by atoms with Crippen molar-refractivity contribution < 1.29 is 5.11 Å². The first-order chi connectivity index (χ1) is 12.1. The quantitative estimate of drug-likeness (QED) is 0.663. The van der Waals surface area contributed by atoms with Gasteiger partial charge in [0.05, 0.1) is 12.2 Å². The molecule has 3 nitrogen and oxygen atoms in total. The number of likely N-dealkylation sites (tertiary alicyclic amines) is 1. The summed E-state index contributed by atoms with van der Waals surface area (Å²) in [5.74, 6) is 0.432. The molecular formula is C22H33ClN2OS. The van der Waals surface area contributed by atoms with Gasteiger partial charge in [0.25, 0.3) is 0 Å². The molecule has 0 aliphatic carbocycles. The second-order valence-corrected chi connectivity index (χ2v) is 10.5. The second-order valence-electron chi connectivity index (χ2n) is 9.53. The van der Waals surface area contributed by atoms with E-state index in [4.69, 9.17) is 4.98 Å². The summed E-state index contributed by atoms with van der Waals surface area (Å²) in [4.78, 5) is 7.40. The number of rotatable bonds is 3. The van der Waals surface area contributed by atoms with E-state index in [2.05, 4.69) is 64.0 Å². The maximum atomic E-state index is 10.9. The molecule has 2 aromatic rings. The lowest BCUT2D eigenvalue weighted by Crippen LogP contribution is -2.18. The normalized spacial score (nSPS) is 15.8. The molecule has 1 aromatic carbocycles. The van der Waals surface area contributed by atoms with E-state index >= 15 is 0 Å². The number of phenolic OH excluding ortho intramolecular Hbond substituents is 1. The van der Waals surface area contributed by atoms with E-state index < -0.39 is 0 Å². The smallest absolute Gasteiger partial charge is 0.123 e. The van der Waals surface area contributed by atoms with Gasteiger partial charge >= 0.3 is 0 Å². The van der Waals surface area contributed by atoms with Crippen molar-refractivity contribution in [3.63, 3.8) is 0 Å². The zero-order valence-electron chi connectivity index (χ0n) is 17.4. The number of benzene rings is 1. The number of aromatic hydroxyl groups is 1. The van der Waals surface area contributed by atoms with Gasteiger partial charge in [0, 0.05) is 22.1 Å². The van der Waals surface area contributed by atoms with Crippen molar-refractivity contribution in [2.24, 2.45) is 0 Å². The number of phenols is 1. The van der Waals surface area contributed by atoms with Crippen LogP contribution >= 0.6 is 23.7 Å². The van der Waals surface area contributed by atoms with Crippen LogP contribution < -0.4 is 0 Å². The first kappa shape index (κ1) is 22.2. The molecule has 5 heteroatoms. The van der Waals surface area contributed by atoms with Crippen LogP contribution in [0.4, 0.5) is 0 Å². The zero-order valence-corrected chi connectivity index (χ0v) is 19.1. The molecule has 0 radical (unpaired) electrons. The summed E-state index contributed by atoms with van der Waals surface area (Å²) >= 11 is 1.75. The molecule has 1 fully saturated rings.